The number of ether oxygens (including phenoxy) is 2. The molecule has 1 aromatic heterocycles. The van der Waals surface area contributed by atoms with E-state index in [1.165, 1.54) is 0 Å². The van der Waals surface area contributed by atoms with Gasteiger partial charge in [-0.15, -0.1) is 0 Å². The predicted molar refractivity (Wildman–Crippen MR) is 66.7 cm³/mol. The molecule has 0 aliphatic heterocycles. The van der Waals surface area contributed by atoms with Gasteiger partial charge in [0.1, 0.15) is 18.1 Å². The van der Waals surface area contributed by atoms with Crippen LogP contribution < -0.4 is 9.47 Å². The predicted octanol–water partition coefficient (Wildman–Crippen LogP) is 1.57. The summed E-state index contributed by atoms with van der Waals surface area (Å²) in [4.78, 5) is 0. The normalized spacial score (nSPS) is 10.4. The largest absolute Gasteiger partial charge is 0.496 e. The molecule has 2 aromatic rings. The smallest absolute Gasteiger partial charge is 0.131 e. The molecule has 0 unspecified atom stereocenters. The van der Waals surface area contributed by atoms with E-state index in [0.717, 1.165) is 16.8 Å². The van der Waals surface area contributed by atoms with Crippen LogP contribution in [0, 0.1) is 13.0 Å². The Labute approximate surface area is 105 Å². The van der Waals surface area contributed by atoms with Crippen molar-refractivity contribution in [1.82, 2.24) is 10.2 Å². The average molecular weight is 247 g/mol. The number of H-pyrrole nitrogens is 1. The number of aliphatic hydroxyl groups is 1. The lowest BCUT2D eigenvalue weighted by Gasteiger charge is -2.13. The molecular weight excluding hydrogens is 232 g/mol. The number of benzene rings is 1. The molecule has 0 fully saturated rings. The maximum absolute atomic E-state index is 8.85. The van der Waals surface area contributed by atoms with E-state index in [9.17, 15) is 0 Å². The van der Waals surface area contributed by atoms with E-state index in [-0.39, 0.29) is 13.2 Å². The minimum Gasteiger partial charge on any atom is -0.496 e. The summed E-state index contributed by atoms with van der Waals surface area (Å²) in [7, 11) is 1.60. The molecule has 0 amide bonds. The number of aromatic nitrogens is 2. The highest BCUT2D eigenvalue weighted by Gasteiger charge is 2.16. The molecule has 0 aliphatic carbocycles. The lowest BCUT2D eigenvalue weighted by Crippen LogP contribution is -2.03. The van der Waals surface area contributed by atoms with E-state index < -0.39 is 0 Å². The van der Waals surface area contributed by atoms with E-state index >= 15 is 0 Å². The van der Waals surface area contributed by atoms with E-state index in [0.29, 0.717) is 11.5 Å². The third kappa shape index (κ3) is 2.31. The Kier molecular flexibility index (Phi) is 3.84. The maximum atomic E-state index is 8.85. The number of methoxy groups -OCH3 is 1. The van der Waals surface area contributed by atoms with Crippen molar-refractivity contribution in [3.63, 3.8) is 0 Å². The molecule has 5 nitrogen and oxygen atoms in total. The molecule has 1 radical (unpaired) electrons. The van der Waals surface area contributed by atoms with Gasteiger partial charge in [-0.05, 0) is 25.1 Å². The molecule has 0 atom stereocenters. The van der Waals surface area contributed by atoms with Crippen LogP contribution in [-0.4, -0.2) is 35.6 Å². The van der Waals surface area contributed by atoms with Crippen molar-refractivity contribution in [3.8, 4) is 22.6 Å². The van der Waals surface area contributed by atoms with Gasteiger partial charge in [-0.3, -0.25) is 5.10 Å². The maximum Gasteiger partial charge on any atom is 0.131 e. The van der Waals surface area contributed by atoms with E-state index in [2.05, 4.69) is 16.3 Å². The van der Waals surface area contributed by atoms with Gasteiger partial charge >= 0.3 is 0 Å². The molecule has 95 valence electrons. The van der Waals surface area contributed by atoms with Gasteiger partial charge in [0.25, 0.3) is 0 Å². The fourth-order valence-corrected chi connectivity index (χ4v) is 1.77. The Balaban J connectivity index is 2.51. The fourth-order valence-electron chi connectivity index (χ4n) is 1.77. The number of hydrogen-bond donors (Lipinski definition) is 2. The number of rotatable bonds is 5. The third-order valence-electron chi connectivity index (χ3n) is 2.59. The summed E-state index contributed by atoms with van der Waals surface area (Å²) < 4.78 is 10.8. The quantitative estimate of drug-likeness (QED) is 0.841. The first-order valence-electron chi connectivity index (χ1n) is 5.60. The SMILES string of the molecule is COc1c[c]cc(OCCO)c1-c1c[nH]nc1C. The highest BCUT2D eigenvalue weighted by atomic mass is 16.5. The first-order valence-corrected chi connectivity index (χ1v) is 5.60. The highest BCUT2D eigenvalue weighted by molar-refractivity contribution is 5.77. The summed E-state index contributed by atoms with van der Waals surface area (Å²) in [5.74, 6) is 1.28. The summed E-state index contributed by atoms with van der Waals surface area (Å²) in [6.45, 7) is 2.09. The molecule has 5 heteroatoms. The number of nitrogens with zero attached hydrogens (tertiary/aromatic N) is 1. The molecule has 1 heterocycles. The van der Waals surface area contributed by atoms with Crippen LogP contribution in [0.1, 0.15) is 5.69 Å². The lowest BCUT2D eigenvalue weighted by atomic mass is 10.0. The second-order valence-electron chi connectivity index (χ2n) is 3.72. The van der Waals surface area contributed by atoms with Crippen molar-refractivity contribution in [3.05, 3.63) is 30.1 Å². The van der Waals surface area contributed by atoms with Crippen molar-refractivity contribution in [1.29, 1.82) is 0 Å². The van der Waals surface area contributed by atoms with Crippen LogP contribution in [0.25, 0.3) is 11.1 Å². The molecule has 0 saturated heterocycles. The summed E-state index contributed by atoms with van der Waals surface area (Å²) in [6, 6.07) is 6.41. The Morgan fingerprint density at radius 3 is 2.78 bits per heavy atom. The first kappa shape index (κ1) is 12.4. The van der Waals surface area contributed by atoms with Gasteiger partial charge in [-0.2, -0.15) is 5.10 Å². The van der Waals surface area contributed by atoms with Crippen molar-refractivity contribution >= 4 is 0 Å². The average Bonchev–Trinajstić information content (AvgIpc) is 2.81. The minimum atomic E-state index is -0.0407. The summed E-state index contributed by atoms with van der Waals surface area (Å²) in [5.41, 5.74) is 2.58. The monoisotopic (exact) mass is 247 g/mol. The third-order valence-corrected chi connectivity index (χ3v) is 2.59. The lowest BCUT2D eigenvalue weighted by molar-refractivity contribution is 0.201. The van der Waals surface area contributed by atoms with E-state index in [1.54, 1.807) is 25.4 Å². The first-order chi connectivity index (χ1) is 8.77. The Morgan fingerprint density at radius 1 is 1.39 bits per heavy atom. The fraction of sp³-hybridized carbons (Fsp3) is 0.308. The molecule has 0 bridgehead atoms. The summed E-state index contributed by atoms with van der Waals surface area (Å²) in [6.07, 6.45) is 1.79. The van der Waals surface area contributed by atoms with E-state index in [1.807, 2.05) is 6.92 Å². The van der Waals surface area contributed by atoms with E-state index in [4.69, 9.17) is 14.6 Å². The van der Waals surface area contributed by atoms with Crippen LogP contribution in [-0.2, 0) is 0 Å². The number of aliphatic hydroxyl groups excluding tert-OH is 1. The van der Waals surface area contributed by atoms with Gasteiger partial charge in [0, 0.05) is 11.8 Å². The van der Waals surface area contributed by atoms with Crippen LogP contribution in [0.15, 0.2) is 18.3 Å². The van der Waals surface area contributed by atoms with Crippen molar-refractivity contribution < 1.29 is 14.6 Å². The van der Waals surface area contributed by atoms with Crippen molar-refractivity contribution in [2.24, 2.45) is 0 Å². The van der Waals surface area contributed by atoms with Gasteiger partial charge in [0.15, 0.2) is 0 Å². The summed E-state index contributed by atoms with van der Waals surface area (Å²) >= 11 is 0. The second kappa shape index (κ2) is 5.55. The Hall–Kier alpha value is -2.01. The number of nitrogens with one attached hydrogen (secondary N) is 1. The van der Waals surface area contributed by atoms with Crippen LogP contribution >= 0.6 is 0 Å². The number of hydrogen-bond acceptors (Lipinski definition) is 4. The number of aryl methyl sites for hydroxylation is 1. The molecule has 1 aromatic carbocycles. The van der Waals surface area contributed by atoms with Gasteiger partial charge < -0.3 is 14.6 Å². The van der Waals surface area contributed by atoms with Crippen molar-refractivity contribution in [2.75, 3.05) is 20.3 Å². The standard InChI is InChI=1S/C13H15N2O3/c1-9-10(8-14-15-9)13-11(17-2)4-3-5-12(13)18-7-6-16/h4-5,8,16H,6-7H2,1-2H3,(H,14,15). The Morgan fingerprint density at radius 2 is 2.17 bits per heavy atom. The zero-order chi connectivity index (χ0) is 13.0. The molecular formula is C13H15N2O3. The van der Waals surface area contributed by atoms with Gasteiger partial charge in [0.05, 0.1) is 25.0 Å². The molecule has 0 saturated carbocycles. The van der Waals surface area contributed by atoms with Gasteiger partial charge in [-0.1, -0.05) is 0 Å². The minimum absolute atomic E-state index is 0.0407. The van der Waals surface area contributed by atoms with Crippen LogP contribution in [0.5, 0.6) is 11.5 Å². The number of aromatic amines is 1. The molecule has 18 heavy (non-hydrogen) atoms. The Bertz CT molecular complexity index is 523. The summed E-state index contributed by atoms with van der Waals surface area (Å²) in [5, 5.41) is 15.7. The molecule has 2 N–H and O–H groups in total. The zero-order valence-corrected chi connectivity index (χ0v) is 10.4. The molecule has 0 aliphatic rings. The van der Waals surface area contributed by atoms with Gasteiger partial charge in [0.2, 0.25) is 0 Å². The van der Waals surface area contributed by atoms with Crippen LogP contribution in [0.3, 0.4) is 0 Å². The highest BCUT2D eigenvalue weighted by Crippen LogP contribution is 2.38. The topological polar surface area (TPSA) is 67.4 Å². The zero-order valence-electron chi connectivity index (χ0n) is 10.4. The van der Waals surface area contributed by atoms with Crippen molar-refractivity contribution in [2.45, 2.75) is 6.92 Å². The van der Waals surface area contributed by atoms with Crippen LogP contribution in [0.4, 0.5) is 0 Å². The second-order valence-corrected chi connectivity index (χ2v) is 3.72. The molecule has 2 rings (SSSR count). The van der Waals surface area contributed by atoms with Gasteiger partial charge in [-0.25, -0.2) is 0 Å². The molecule has 0 spiro atoms. The van der Waals surface area contributed by atoms with Crippen LogP contribution in [0.2, 0.25) is 0 Å².